The van der Waals surface area contributed by atoms with Gasteiger partial charge in [-0.1, -0.05) is 35.3 Å². The van der Waals surface area contributed by atoms with Crippen LogP contribution in [0.4, 0.5) is 11.4 Å². The van der Waals surface area contributed by atoms with Crippen molar-refractivity contribution < 1.29 is 9.69 Å². The normalized spacial score (nSPS) is 15.2. The molecule has 3 rings (SSSR count). The molecular weight excluding hydrogens is 357 g/mol. The van der Waals surface area contributed by atoms with Gasteiger partial charge in [0.05, 0.1) is 36.9 Å². The lowest BCUT2D eigenvalue weighted by atomic mass is 10.2. The van der Waals surface area contributed by atoms with Crippen LogP contribution in [0.15, 0.2) is 42.5 Å². The maximum atomic E-state index is 12.3. The molecule has 1 amide bonds. The Kier molecular flexibility index (Phi) is 5.84. The summed E-state index contributed by atoms with van der Waals surface area (Å²) < 4.78 is 0. The highest BCUT2D eigenvalue weighted by atomic mass is 35.5. The van der Waals surface area contributed by atoms with Gasteiger partial charge in [-0.05, 0) is 42.8 Å². The highest BCUT2D eigenvalue weighted by Crippen LogP contribution is 2.22. The van der Waals surface area contributed by atoms with Crippen molar-refractivity contribution in [2.24, 2.45) is 0 Å². The topological polar surface area (TPSA) is 36.8 Å². The van der Waals surface area contributed by atoms with Crippen molar-refractivity contribution in [3.63, 3.8) is 0 Å². The first-order valence-electron chi connectivity index (χ1n) is 8.41. The van der Waals surface area contributed by atoms with E-state index in [1.807, 2.05) is 43.3 Å². The van der Waals surface area contributed by atoms with Gasteiger partial charge in [0, 0.05) is 10.7 Å². The van der Waals surface area contributed by atoms with Crippen molar-refractivity contribution in [1.82, 2.24) is 0 Å². The Labute approximate surface area is 158 Å². The number of nitrogens with one attached hydrogen (secondary N) is 2. The van der Waals surface area contributed by atoms with Gasteiger partial charge in [0.25, 0.3) is 5.91 Å². The number of anilines is 2. The summed E-state index contributed by atoms with van der Waals surface area (Å²) in [5.74, 6) is -0.00282. The molecule has 6 heteroatoms. The van der Waals surface area contributed by atoms with E-state index in [-0.39, 0.29) is 5.91 Å². The second kappa shape index (κ2) is 8.09. The maximum absolute atomic E-state index is 12.3. The number of benzene rings is 2. The number of quaternary nitrogens is 1. The average molecular weight is 379 g/mol. The molecule has 4 nitrogen and oxygen atoms in total. The summed E-state index contributed by atoms with van der Waals surface area (Å²) in [5.41, 5.74) is 2.89. The lowest BCUT2D eigenvalue weighted by molar-refractivity contribution is -0.892. The van der Waals surface area contributed by atoms with Crippen LogP contribution in [0.3, 0.4) is 0 Å². The first kappa shape index (κ1) is 18.1. The van der Waals surface area contributed by atoms with E-state index in [1.54, 1.807) is 0 Å². The van der Waals surface area contributed by atoms with Gasteiger partial charge in [-0.3, -0.25) is 4.79 Å². The first-order valence-corrected chi connectivity index (χ1v) is 9.17. The largest absolute Gasteiger partial charge is 0.360 e. The molecule has 25 heavy (non-hydrogen) atoms. The SMILES string of the molecule is Cc1ccc(NC(=O)C[NH+]2CCN(c3cccc(Cl)c3)CC2)c(Cl)c1. The summed E-state index contributed by atoms with van der Waals surface area (Å²) in [6.07, 6.45) is 0. The summed E-state index contributed by atoms with van der Waals surface area (Å²) in [5, 5.41) is 4.24. The first-order chi connectivity index (χ1) is 12.0. The Morgan fingerprint density at radius 2 is 1.92 bits per heavy atom. The van der Waals surface area contributed by atoms with E-state index < -0.39 is 0 Å². The molecule has 0 aliphatic carbocycles. The van der Waals surface area contributed by atoms with Gasteiger partial charge < -0.3 is 15.1 Å². The smallest absolute Gasteiger partial charge is 0.279 e. The Morgan fingerprint density at radius 1 is 1.16 bits per heavy atom. The molecule has 132 valence electrons. The lowest BCUT2D eigenvalue weighted by Crippen LogP contribution is -3.15. The summed E-state index contributed by atoms with van der Waals surface area (Å²) in [6, 6.07) is 13.6. The summed E-state index contributed by atoms with van der Waals surface area (Å²) in [7, 11) is 0. The van der Waals surface area contributed by atoms with Crippen LogP contribution in [0.2, 0.25) is 10.0 Å². The third-order valence-corrected chi connectivity index (χ3v) is 5.00. The van der Waals surface area contributed by atoms with Crippen molar-refractivity contribution >= 4 is 40.5 Å². The number of amides is 1. The zero-order valence-corrected chi connectivity index (χ0v) is 15.7. The lowest BCUT2D eigenvalue weighted by Gasteiger charge is -2.33. The fraction of sp³-hybridized carbons (Fsp3) is 0.316. The van der Waals surface area contributed by atoms with E-state index in [2.05, 4.69) is 16.3 Å². The number of halogens is 2. The van der Waals surface area contributed by atoms with Crippen molar-refractivity contribution in [1.29, 1.82) is 0 Å². The maximum Gasteiger partial charge on any atom is 0.279 e. The van der Waals surface area contributed by atoms with Crippen molar-refractivity contribution in [2.45, 2.75) is 6.92 Å². The second-order valence-electron chi connectivity index (χ2n) is 6.43. The Bertz CT molecular complexity index is 758. The van der Waals surface area contributed by atoms with E-state index >= 15 is 0 Å². The summed E-state index contributed by atoms with van der Waals surface area (Å²) in [6.45, 7) is 6.08. The highest BCUT2D eigenvalue weighted by Gasteiger charge is 2.22. The molecule has 1 aliphatic heterocycles. The van der Waals surface area contributed by atoms with Crippen LogP contribution in [0, 0.1) is 6.92 Å². The van der Waals surface area contributed by atoms with Gasteiger partial charge in [0.1, 0.15) is 0 Å². The molecule has 1 heterocycles. The van der Waals surface area contributed by atoms with Gasteiger partial charge in [0.15, 0.2) is 6.54 Å². The predicted octanol–water partition coefficient (Wildman–Crippen LogP) is 2.65. The number of carbonyl (C=O) groups is 1. The number of piperazine rings is 1. The van der Waals surface area contributed by atoms with Crippen LogP contribution in [0.25, 0.3) is 0 Å². The molecule has 2 aromatic carbocycles. The van der Waals surface area contributed by atoms with E-state index in [0.717, 1.165) is 42.5 Å². The number of nitrogens with zero attached hydrogens (tertiary/aromatic N) is 1. The molecule has 0 spiro atoms. The fourth-order valence-electron chi connectivity index (χ4n) is 3.07. The zero-order valence-electron chi connectivity index (χ0n) is 14.2. The Morgan fingerprint density at radius 3 is 2.60 bits per heavy atom. The third kappa shape index (κ3) is 4.88. The number of hydrogen-bond donors (Lipinski definition) is 2. The minimum atomic E-state index is -0.00282. The quantitative estimate of drug-likeness (QED) is 0.857. The van der Waals surface area contributed by atoms with Gasteiger partial charge in [-0.15, -0.1) is 0 Å². The molecule has 2 aromatic rings. The van der Waals surface area contributed by atoms with E-state index in [0.29, 0.717) is 17.3 Å². The van der Waals surface area contributed by atoms with Crippen LogP contribution in [0.1, 0.15) is 5.56 Å². The van der Waals surface area contributed by atoms with Crippen molar-refractivity contribution in [2.75, 3.05) is 42.9 Å². The molecule has 0 unspecified atom stereocenters. The molecule has 0 saturated carbocycles. The Balaban J connectivity index is 1.51. The van der Waals surface area contributed by atoms with E-state index in [4.69, 9.17) is 23.2 Å². The van der Waals surface area contributed by atoms with Gasteiger partial charge in [-0.2, -0.15) is 0 Å². The molecule has 2 N–H and O–H groups in total. The monoisotopic (exact) mass is 378 g/mol. The van der Waals surface area contributed by atoms with Crippen molar-refractivity contribution in [3.8, 4) is 0 Å². The summed E-state index contributed by atoms with van der Waals surface area (Å²) >= 11 is 12.2. The Hall–Kier alpha value is -1.75. The van der Waals surface area contributed by atoms with Crippen LogP contribution >= 0.6 is 23.2 Å². The molecule has 0 atom stereocenters. The number of rotatable bonds is 4. The van der Waals surface area contributed by atoms with Gasteiger partial charge >= 0.3 is 0 Å². The van der Waals surface area contributed by atoms with Gasteiger partial charge in [-0.25, -0.2) is 0 Å². The molecule has 1 fully saturated rings. The molecule has 0 radical (unpaired) electrons. The van der Waals surface area contributed by atoms with Crippen LogP contribution < -0.4 is 15.1 Å². The minimum Gasteiger partial charge on any atom is -0.360 e. The standard InChI is InChI=1S/C19H21Cl2N3O/c1-14-5-6-18(17(21)11-14)22-19(25)13-23-7-9-24(10-8-23)16-4-2-3-15(20)12-16/h2-6,11-12H,7-10,13H2,1H3,(H,22,25)/p+1. The number of aryl methyl sites for hydroxylation is 1. The second-order valence-corrected chi connectivity index (χ2v) is 7.27. The molecule has 1 saturated heterocycles. The van der Waals surface area contributed by atoms with Crippen LogP contribution in [0.5, 0.6) is 0 Å². The molecule has 1 aliphatic rings. The summed E-state index contributed by atoms with van der Waals surface area (Å²) in [4.78, 5) is 15.9. The molecular formula is C19H22Cl2N3O+. The molecule has 0 aromatic heterocycles. The fourth-order valence-corrected chi connectivity index (χ4v) is 3.54. The van der Waals surface area contributed by atoms with Crippen molar-refractivity contribution in [3.05, 3.63) is 58.1 Å². The zero-order chi connectivity index (χ0) is 17.8. The average Bonchev–Trinajstić information content (AvgIpc) is 2.58. The van der Waals surface area contributed by atoms with Crippen LogP contribution in [-0.4, -0.2) is 38.6 Å². The molecule has 0 bridgehead atoms. The van der Waals surface area contributed by atoms with Crippen LogP contribution in [-0.2, 0) is 4.79 Å². The van der Waals surface area contributed by atoms with Gasteiger partial charge in [0.2, 0.25) is 0 Å². The third-order valence-electron chi connectivity index (χ3n) is 4.45. The number of carbonyl (C=O) groups excluding carboxylic acids is 1. The minimum absolute atomic E-state index is 0.00282. The van der Waals surface area contributed by atoms with E-state index in [1.165, 1.54) is 4.90 Å². The highest BCUT2D eigenvalue weighted by molar-refractivity contribution is 6.33. The predicted molar refractivity (Wildman–Crippen MR) is 104 cm³/mol. The van der Waals surface area contributed by atoms with E-state index in [9.17, 15) is 4.79 Å². The number of hydrogen-bond acceptors (Lipinski definition) is 2.